The van der Waals surface area contributed by atoms with Gasteiger partial charge in [0, 0.05) is 17.3 Å². The molecule has 2 rings (SSSR count). The molecule has 0 aliphatic heterocycles. The number of rotatable bonds is 3. The van der Waals surface area contributed by atoms with E-state index in [1.165, 1.54) is 13.3 Å². The summed E-state index contributed by atoms with van der Waals surface area (Å²) in [6.45, 7) is 1.78. The van der Waals surface area contributed by atoms with Gasteiger partial charge in [-0.3, -0.25) is 14.6 Å². The van der Waals surface area contributed by atoms with Crippen molar-refractivity contribution in [1.29, 1.82) is 0 Å². The fraction of sp³-hybridized carbons (Fsp3) is 0.133. The van der Waals surface area contributed by atoms with Gasteiger partial charge in [0.1, 0.15) is 5.75 Å². The maximum Gasteiger partial charge on any atom is 0.314 e. The fourth-order valence-electron chi connectivity index (χ4n) is 1.73. The molecule has 1 aromatic carbocycles. The van der Waals surface area contributed by atoms with Gasteiger partial charge in [0.2, 0.25) is 0 Å². The second kappa shape index (κ2) is 6.91. The molecule has 0 unspecified atom stereocenters. The summed E-state index contributed by atoms with van der Waals surface area (Å²) < 4.78 is 5.14. The molecule has 2 amide bonds. The van der Waals surface area contributed by atoms with Crippen molar-refractivity contribution in [3.63, 3.8) is 0 Å². The highest BCUT2D eigenvalue weighted by molar-refractivity contribution is 6.43. The highest BCUT2D eigenvalue weighted by atomic mass is 35.5. The molecular formula is C15H14ClN3O3. The van der Waals surface area contributed by atoms with E-state index >= 15 is 0 Å². The van der Waals surface area contributed by atoms with Crippen LogP contribution < -0.4 is 15.4 Å². The lowest BCUT2D eigenvalue weighted by Crippen LogP contribution is -2.29. The molecule has 6 nitrogen and oxygen atoms in total. The molecule has 114 valence electrons. The van der Waals surface area contributed by atoms with Gasteiger partial charge >= 0.3 is 11.8 Å². The van der Waals surface area contributed by atoms with Crippen LogP contribution in [0.25, 0.3) is 0 Å². The van der Waals surface area contributed by atoms with Crippen molar-refractivity contribution in [2.75, 3.05) is 17.7 Å². The Morgan fingerprint density at radius 3 is 2.59 bits per heavy atom. The van der Waals surface area contributed by atoms with Gasteiger partial charge < -0.3 is 15.4 Å². The standard InChI is InChI=1S/C15H14ClN3O3/c1-9-6-12(13(22-2)7-11(9)16)19-15(21)14(20)18-10-4-3-5-17-8-10/h3-8H,1-2H3,(H,18,20)(H,19,21). The van der Waals surface area contributed by atoms with Crippen LogP contribution in [0.5, 0.6) is 5.75 Å². The van der Waals surface area contributed by atoms with Crippen molar-refractivity contribution >= 4 is 34.8 Å². The third-order valence-corrected chi connectivity index (χ3v) is 3.26. The molecule has 0 aliphatic carbocycles. The molecule has 1 aromatic heterocycles. The number of hydrogen-bond acceptors (Lipinski definition) is 4. The van der Waals surface area contributed by atoms with Crippen LogP contribution in [0.15, 0.2) is 36.7 Å². The first-order valence-electron chi connectivity index (χ1n) is 6.37. The van der Waals surface area contributed by atoms with Crippen LogP contribution in [0.4, 0.5) is 11.4 Å². The SMILES string of the molecule is COc1cc(Cl)c(C)cc1NC(=O)C(=O)Nc1cccnc1. The van der Waals surface area contributed by atoms with Crippen molar-refractivity contribution in [1.82, 2.24) is 4.98 Å². The largest absolute Gasteiger partial charge is 0.495 e. The van der Waals surface area contributed by atoms with Crippen molar-refractivity contribution in [2.45, 2.75) is 6.92 Å². The summed E-state index contributed by atoms with van der Waals surface area (Å²) in [6.07, 6.45) is 3.01. The summed E-state index contributed by atoms with van der Waals surface area (Å²) >= 11 is 5.99. The van der Waals surface area contributed by atoms with E-state index < -0.39 is 11.8 Å². The minimum absolute atomic E-state index is 0.371. The molecule has 0 fully saturated rings. The smallest absolute Gasteiger partial charge is 0.314 e. The second-order valence-electron chi connectivity index (χ2n) is 4.45. The van der Waals surface area contributed by atoms with Crippen molar-refractivity contribution < 1.29 is 14.3 Å². The molecule has 0 bridgehead atoms. The normalized spacial score (nSPS) is 9.95. The number of carbonyl (C=O) groups excluding carboxylic acids is 2. The van der Waals surface area contributed by atoms with Gasteiger partial charge in [-0.05, 0) is 30.7 Å². The lowest BCUT2D eigenvalue weighted by atomic mass is 10.2. The zero-order valence-electron chi connectivity index (χ0n) is 12.0. The van der Waals surface area contributed by atoms with E-state index in [0.717, 1.165) is 5.56 Å². The van der Waals surface area contributed by atoms with Crippen LogP contribution in [-0.2, 0) is 9.59 Å². The Labute approximate surface area is 132 Å². The summed E-state index contributed by atoms with van der Waals surface area (Å²) in [4.78, 5) is 27.6. The summed E-state index contributed by atoms with van der Waals surface area (Å²) in [6, 6.07) is 6.49. The molecule has 0 saturated carbocycles. The molecule has 0 radical (unpaired) electrons. The quantitative estimate of drug-likeness (QED) is 0.852. The Morgan fingerprint density at radius 2 is 1.95 bits per heavy atom. The fourth-order valence-corrected chi connectivity index (χ4v) is 1.89. The number of nitrogens with one attached hydrogen (secondary N) is 2. The summed E-state index contributed by atoms with van der Waals surface area (Å²) in [5.41, 5.74) is 1.56. The number of hydrogen-bond donors (Lipinski definition) is 2. The van der Waals surface area contributed by atoms with Crippen LogP contribution >= 0.6 is 11.6 Å². The topological polar surface area (TPSA) is 80.3 Å². The van der Waals surface area contributed by atoms with E-state index in [9.17, 15) is 9.59 Å². The third-order valence-electron chi connectivity index (χ3n) is 2.85. The lowest BCUT2D eigenvalue weighted by Gasteiger charge is -2.12. The third kappa shape index (κ3) is 3.73. The van der Waals surface area contributed by atoms with Gasteiger partial charge in [-0.15, -0.1) is 0 Å². The number of nitrogens with zero attached hydrogens (tertiary/aromatic N) is 1. The Balaban J connectivity index is 2.12. The van der Waals surface area contributed by atoms with Crippen LogP contribution in [-0.4, -0.2) is 23.9 Å². The number of aryl methyl sites for hydroxylation is 1. The van der Waals surface area contributed by atoms with Gasteiger partial charge in [-0.25, -0.2) is 0 Å². The first-order chi connectivity index (χ1) is 10.5. The molecular weight excluding hydrogens is 306 g/mol. The van der Waals surface area contributed by atoms with Gasteiger partial charge in [0.25, 0.3) is 0 Å². The molecule has 0 spiro atoms. The minimum atomic E-state index is -0.816. The number of anilines is 2. The van der Waals surface area contributed by atoms with E-state index in [-0.39, 0.29) is 0 Å². The molecule has 1 heterocycles. The average molecular weight is 320 g/mol. The number of benzene rings is 1. The van der Waals surface area contributed by atoms with Gasteiger partial charge in [0.05, 0.1) is 24.7 Å². The second-order valence-corrected chi connectivity index (χ2v) is 4.86. The first-order valence-corrected chi connectivity index (χ1v) is 6.75. The summed E-state index contributed by atoms with van der Waals surface area (Å²) in [5, 5.41) is 5.45. The Morgan fingerprint density at radius 1 is 1.23 bits per heavy atom. The van der Waals surface area contributed by atoms with E-state index in [4.69, 9.17) is 16.3 Å². The number of amides is 2. The molecule has 0 aliphatic rings. The van der Waals surface area contributed by atoms with Crippen molar-refractivity contribution in [2.24, 2.45) is 0 Å². The van der Waals surface area contributed by atoms with Crippen LogP contribution in [0.1, 0.15) is 5.56 Å². The molecule has 0 atom stereocenters. The predicted octanol–water partition coefficient (Wildman–Crippen LogP) is 2.63. The maximum atomic E-state index is 11.9. The van der Waals surface area contributed by atoms with E-state index in [0.29, 0.717) is 22.1 Å². The van der Waals surface area contributed by atoms with Crippen molar-refractivity contribution in [3.8, 4) is 5.75 Å². The van der Waals surface area contributed by atoms with E-state index in [2.05, 4.69) is 15.6 Å². The number of halogens is 1. The van der Waals surface area contributed by atoms with Crippen LogP contribution in [0, 0.1) is 6.92 Å². The van der Waals surface area contributed by atoms with Gasteiger partial charge in [0.15, 0.2) is 0 Å². The molecule has 22 heavy (non-hydrogen) atoms. The Hall–Kier alpha value is -2.60. The van der Waals surface area contributed by atoms with Crippen LogP contribution in [0.3, 0.4) is 0 Å². The predicted molar refractivity (Wildman–Crippen MR) is 84.2 cm³/mol. The number of carbonyl (C=O) groups is 2. The molecule has 7 heteroatoms. The van der Waals surface area contributed by atoms with E-state index in [1.807, 2.05) is 0 Å². The van der Waals surface area contributed by atoms with Gasteiger partial charge in [-0.2, -0.15) is 0 Å². The number of aromatic nitrogens is 1. The number of ether oxygens (including phenoxy) is 1. The first kappa shape index (κ1) is 15.8. The van der Waals surface area contributed by atoms with Crippen molar-refractivity contribution in [3.05, 3.63) is 47.2 Å². The minimum Gasteiger partial charge on any atom is -0.495 e. The van der Waals surface area contributed by atoms with Gasteiger partial charge in [-0.1, -0.05) is 11.6 Å². The maximum absolute atomic E-state index is 11.9. The lowest BCUT2D eigenvalue weighted by molar-refractivity contribution is -0.133. The molecule has 2 aromatic rings. The Bertz CT molecular complexity index is 705. The zero-order valence-corrected chi connectivity index (χ0v) is 12.8. The summed E-state index contributed by atoms with van der Waals surface area (Å²) in [5.74, 6) is -1.25. The Kier molecular flexibility index (Phi) is 4.95. The zero-order chi connectivity index (χ0) is 16.1. The molecule has 2 N–H and O–H groups in total. The highest BCUT2D eigenvalue weighted by Crippen LogP contribution is 2.30. The highest BCUT2D eigenvalue weighted by Gasteiger charge is 2.17. The van der Waals surface area contributed by atoms with E-state index in [1.54, 1.807) is 37.4 Å². The summed E-state index contributed by atoms with van der Waals surface area (Å²) in [7, 11) is 1.45. The monoisotopic (exact) mass is 319 g/mol. The number of methoxy groups -OCH3 is 1. The average Bonchev–Trinajstić information content (AvgIpc) is 2.51. The van der Waals surface area contributed by atoms with Crippen LogP contribution in [0.2, 0.25) is 5.02 Å². The number of pyridine rings is 1. The molecule has 0 saturated heterocycles.